The molecule has 90 valence electrons. The number of rotatable bonds is 2. The predicted octanol–water partition coefficient (Wildman–Crippen LogP) is 3.79. The summed E-state index contributed by atoms with van der Waals surface area (Å²) in [5.74, 6) is 1.57. The van der Waals surface area contributed by atoms with Crippen LogP contribution in [-0.4, -0.2) is 6.04 Å². The Hall–Kier alpha value is -1.49. The molecule has 1 aliphatic rings. The third-order valence-corrected chi connectivity index (χ3v) is 3.78. The largest absolute Gasteiger partial charge is 0.382 e. The Balaban J connectivity index is 2.03. The van der Waals surface area contributed by atoms with Gasteiger partial charge in [-0.1, -0.05) is 19.9 Å². The molecule has 1 saturated carbocycles. The first-order chi connectivity index (χ1) is 8.19. The number of nitriles is 1. The minimum absolute atomic E-state index is 0.556. The molecule has 1 aromatic carbocycles. The lowest BCUT2D eigenvalue weighted by atomic mass is 9.80. The molecule has 3 atom stereocenters. The van der Waals surface area contributed by atoms with Crippen LogP contribution in [0.25, 0.3) is 0 Å². The lowest BCUT2D eigenvalue weighted by Crippen LogP contribution is -2.32. The zero-order valence-electron chi connectivity index (χ0n) is 10.6. The van der Waals surface area contributed by atoms with Crippen LogP contribution >= 0.6 is 0 Å². The predicted molar refractivity (Wildman–Crippen MR) is 70.7 cm³/mol. The molecular weight excluding hydrogens is 208 g/mol. The third-order valence-electron chi connectivity index (χ3n) is 3.78. The van der Waals surface area contributed by atoms with Gasteiger partial charge in [-0.25, -0.2) is 0 Å². The fourth-order valence-corrected chi connectivity index (χ4v) is 2.77. The minimum Gasteiger partial charge on any atom is -0.382 e. The number of benzene rings is 1. The molecule has 0 saturated heterocycles. The molecule has 2 nitrogen and oxygen atoms in total. The van der Waals surface area contributed by atoms with Crippen molar-refractivity contribution in [2.24, 2.45) is 11.8 Å². The number of anilines is 1. The summed E-state index contributed by atoms with van der Waals surface area (Å²) in [7, 11) is 0. The molecule has 1 aromatic rings. The molecule has 2 heteroatoms. The van der Waals surface area contributed by atoms with Crippen molar-refractivity contribution in [3.63, 3.8) is 0 Å². The van der Waals surface area contributed by atoms with E-state index in [-0.39, 0.29) is 0 Å². The maximum absolute atomic E-state index is 8.88. The first-order valence-corrected chi connectivity index (χ1v) is 6.45. The molecule has 0 amide bonds. The quantitative estimate of drug-likeness (QED) is 0.835. The van der Waals surface area contributed by atoms with Gasteiger partial charge in [0.25, 0.3) is 0 Å². The van der Waals surface area contributed by atoms with Crippen LogP contribution in [0.4, 0.5) is 5.69 Å². The van der Waals surface area contributed by atoms with Crippen LogP contribution in [0, 0.1) is 23.2 Å². The van der Waals surface area contributed by atoms with Crippen molar-refractivity contribution in [2.45, 2.75) is 39.2 Å². The number of nitrogens with zero attached hydrogens (tertiary/aromatic N) is 1. The molecular formula is C15H20N2. The topological polar surface area (TPSA) is 35.8 Å². The SMILES string of the molecule is CC1CCC(Nc2cccc(C#N)c2)C(C)C1. The maximum Gasteiger partial charge on any atom is 0.0992 e. The van der Waals surface area contributed by atoms with Crippen LogP contribution < -0.4 is 5.32 Å². The number of hydrogen-bond acceptors (Lipinski definition) is 2. The molecule has 0 heterocycles. The first-order valence-electron chi connectivity index (χ1n) is 6.45. The third kappa shape index (κ3) is 3.00. The van der Waals surface area contributed by atoms with Gasteiger partial charge in [0.1, 0.15) is 0 Å². The molecule has 0 aliphatic heterocycles. The Labute approximate surface area is 104 Å². The van der Waals surface area contributed by atoms with Crippen molar-refractivity contribution in [2.75, 3.05) is 5.32 Å². The lowest BCUT2D eigenvalue weighted by molar-refractivity contribution is 0.276. The van der Waals surface area contributed by atoms with E-state index in [0.717, 1.165) is 17.2 Å². The van der Waals surface area contributed by atoms with Crippen molar-refractivity contribution < 1.29 is 0 Å². The van der Waals surface area contributed by atoms with Gasteiger partial charge < -0.3 is 5.32 Å². The normalized spacial score (nSPS) is 28.4. The Bertz CT molecular complexity index is 419. The van der Waals surface area contributed by atoms with Crippen molar-refractivity contribution in [1.29, 1.82) is 5.26 Å². The van der Waals surface area contributed by atoms with Crippen LogP contribution in [0.3, 0.4) is 0 Å². The van der Waals surface area contributed by atoms with Crippen LogP contribution in [0.1, 0.15) is 38.7 Å². The molecule has 1 fully saturated rings. The highest BCUT2D eigenvalue weighted by molar-refractivity contribution is 5.49. The van der Waals surface area contributed by atoms with Gasteiger partial charge in [0, 0.05) is 11.7 Å². The van der Waals surface area contributed by atoms with E-state index in [2.05, 4.69) is 25.2 Å². The van der Waals surface area contributed by atoms with Gasteiger partial charge in [-0.05, 0) is 49.3 Å². The highest BCUT2D eigenvalue weighted by Gasteiger charge is 2.24. The van der Waals surface area contributed by atoms with E-state index in [0.29, 0.717) is 12.0 Å². The van der Waals surface area contributed by atoms with E-state index in [1.165, 1.54) is 19.3 Å². The second kappa shape index (κ2) is 5.23. The van der Waals surface area contributed by atoms with Crippen LogP contribution in [0.5, 0.6) is 0 Å². The number of nitrogens with one attached hydrogen (secondary N) is 1. The average molecular weight is 228 g/mol. The highest BCUT2D eigenvalue weighted by Crippen LogP contribution is 2.30. The molecule has 0 bridgehead atoms. The van der Waals surface area contributed by atoms with Gasteiger partial charge in [0.2, 0.25) is 0 Å². The zero-order valence-corrected chi connectivity index (χ0v) is 10.6. The van der Waals surface area contributed by atoms with Gasteiger partial charge in [0.15, 0.2) is 0 Å². The monoisotopic (exact) mass is 228 g/mol. The van der Waals surface area contributed by atoms with E-state index < -0.39 is 0 Å². The summed E-state index contributed by atoms with van der Waals surface area (Å²) in [6.45, 7) is 4.66. The fraction of sp³-hybridized carbons (Fsp3) is 0.533. The van der Waals surface area contributed by atoms with E-state index >= 15 is 0 Å². The summed E-state index contributed by atoms with van der Waals surface area (Å²) in [5, 5.41) is 12.5. The van der Waals surface area contributed by atoms with Crippen LogP contribution in [-0.2, 0) is 0 Å². The lowest BCUT2D eigenvalue weighted by Gasteiger charge is -2.33. The minimum atomic E-state index is 0.556. The Morgan fingerprint density at radius 1 is 1.29 bits per heavy atom. The summed E-state index contributed by atoms with van der Waals surface area (Å²) in [6.07, 6.45) is 3.84. The average Bonchev–Trinajstić information content (AvgIpc) is 2.33. The fourth-order valence-electron chi connectivity index (χ4n) is 2.77. The van der Waals surface area contributed by atoms with E-state index in [9.17, 15) is 0 Å². The standard InChI is InChI=1S/C15H20N2/c1-11-6-7-15(12(2)8-11)17-14-5-3-4-13(9-14)10-16/h3-5,9,11-12,15,17H,6-8H2,1-2H3. The summed E-state index contributed by atoms with van der Waals surface area (Å²) in [6, 6.07) is 10.5. The van der Waals surface area contributed by atoms with E-state index in [4.69, 9.17) is 5.26 Å². The maximum atomic E-state index is 8.88. The summed E-state index contributed by atoms with van der Waals surface area (Å²) in [5.41, 5.74) is 1.81. The zero-order chi connectivity index (χ0) is 12.3. The second-order valence-corrected chi connectivity index (χ2v) is 5.34. The van der Waals surface area contributed by atoms with E-state index in [1.807, 2.05) is 24.3 Å². The smallest absolute Gasteiger partial charge is 0.0992 e. The van der Waals surface area contributed by atoms with Crippen molar-refractivity contribution in [3.05, 3.63) is 29.8 Å². The molecule has 1 N–H and O–H groups in total. The number of hydrogen-bond donors (Lipinski definition) is 1. The Kier molecular flexibility index (Phi) is 3.68. The summed E-state index contributed by atoms with van der Waals surface area (Å²) < 4.78 is 0. The highest BCUT2D eigenvalue weighted by atomic mass is 14.9. The van der Waals surface area contributed by atoms with Gasteiger partial charge in [0.05, 0.1) is 11.6 Å². The molecule has 0 radical (unpaired) electrons. The van der Waals surface area contributed by atoms with Crippen molar-refractivity contribution in [1.82, 2.24) is 0 Å². The summed E-state index contributed by atoms with van der Waals surface area (Å²) in [4.78, 5) is 0. The molecule has 2 rings (SSSR count). The molecule has 17 heavy (non-hydrogen) atoms. The second-order valence-electron chi connectivity index (χ2n) is 5.34. The van der Waals surface area contributed by atoms with E-state index in [1.54, 1.807) is 0 Å². The van der Waals surface area contributed by atoms with Gasteiger partial charge >= 0.3 is 0 Å². The molecule has 0 spiro atoms. The van der Waals surface area contributed by atoms with Crippen LogP contribution in [0.15, 0.2) is 24.3 Å². The van der Waals surface area contributed by atoms with Gasteiger partial charge in [-0.2, -0.15) is 5.26 Å². The first kappa shape index (κ1) is 12.0. The Morgan fingerprint density at radius 3 is 2.82 bits per heavy atom. The van der Waals surface area contributed by atoms with Gasteiger partial charge in [-0.3, -0.25) is 0 Å². The Morgan fingerprint density at radius 2 is 2.12 bits per heavy atom. The van der Waals surface area contributed by atoms with Crippen molar-refractivity contribution >= 4 is 5.69 Å². The molecule has 3 unspecified atom stereocenters. The van der Waals surface area contributed by atoms with Crippen molar-refractivity contribution in [3.8, 4) is 6.07 Å². The molecule has 0 aromatic heterocycles. The summed E-state index contributed by atoms with van der Waals surface area (Å²) >= 11 is 0. The van der Waals surface area contributed by atoms with Gasteiger partial charge in [-0.15, -0.1) is 0 Å². The molecule has 1 aliphatic carbocycles. The van der Waals surface area contributed by atoms with Crippen LogP contribution in [0.2, 0.25) is 0 Å².